The van der Waals surface area contributed by atoms with E-state index in [0.29, 0.717) is 0 Å². The highest BCUT2D eigenvalue weighted by Crippen LogP contribution is 2.34. The molecule has 1 fully saturated rings. The summed E-state index contributed by atoms with van der Waals surface area (Å²) in [7, 11) is 0. The summed E-state index contributed by atoms with van der Waals surface area (Å²) >= 11 is 1.66. The van der Waals surface area contributed by atoms with Gasteiger partial charge in [0.05, 0.1) is 16.9 Å². The van der Waals surface area contributed by atoms with Gasteiger partial charge in [0, 0.05) is 30.1 Å². The van der Waals surface area contributed by atoms with Crippen molar-refractivity contribution in [1.29, 1.82) is 0 Å². The molecule has 0 bridgehead atoms. The molecule has 2 aliphatic rings. The molecule has 1 aromatic carbocycles. The fourth-order valence-corrected chi connectivity index (χ4v) is 5.44. The van der Waals surface area contributed by atoms with E-state index in [-0.39, 0.29) is 36.8 Å². The summed E-state index contributed by atoms with van der Waals surface area (Å²) in [5.41, 5.74) is 3.41. The van der Waals surface area contributed by atoms with Crippen molar-refractivity contribution in [3.05, 3.63) is 83.0 Å². The highest BCUT2D eigenvalue weighted by molar-refractivity contribution is 8.03. The molecule has 2 aliphatic heterocycles. The van der Waals surface area contributed by atoms with Crippen LogP contribution >= 0.6 is 36.6 Å². The number of nitrogens with one attached hydrogen (secondary N) is 1. The summed E-state index contributed by atoms with van der Waals surface area (Å²) in [5, 5.41) is 4.31. The predicted molar refractivity (Wildman–Crippen MR) is 145 cm³/mol. The molecule has 5 rings (SSSR count). The van der Waals surface area contributed by atoms with Crippen LogP contribution in [0.5, 0.6) is 0 Å². The highest BCUT2D eigenvalue weighted by atomic mass is 35.5. The number of carbonyl (C=O) groups excluding carboxylic acids is 1. The molecule has 180 valence electrons. The monoisotopic (exact) mass is 516 g/mol. The Morgan fingerprint density at radius 1 is 1.09 bits per heavy atom. The lowest BCUT2D eigenvalue weighted by Crippen LogP contribution is -2.44. The van der Waals surface area contributed by atoms with Crippen LogP contribution in [0.2, 0.25) is 0 Å². The second kappa shape index (κ2) is 12.5. The van der Waals surface area contributed by atoms with Crippen molar-refractivity contribution in [2.45, 2.75) is 36.8 Å². The molecule has 2 aromatic heterocycles. The van der Waals surface area contributed by atoms with Gasteiger partial charge >= 0.3 is 0 Å². The van der Waals surface area contributed by atoms with E-state index in [9.17, 15) is 4.79 Å². The van der Waals surface area contributed by atoms with E-state index in [1.54, 1.807) is 17.8 Å². The average molecular weight is 518 g/mol. The van der Waals surface area contributed by atoms with E-state index < -0.39 is 0 Å². The maximum atomic E-state index is 12.5. The first-order chi connectivity index (χ1) is 15.7. The van der Waals surface area contributed by atoms with Crippen LogP contribution in [0.4, 0.5) is 0 Å². The molecule has 0 saturated carbocycles. The molecule has 1 N–H and O–H groups in total. The Hall–Kier alpha value is -2.25. The zero-order chi connectivity index (χ0) is 21.8. The van der Waals surface area contributed by atoms with Gasteiger partial charge in [0.2, 0.25) is 5.91 Å². The molecule has 0 radical (unpaired) electrons. The first kappa shape index (κ1) is 26.4. The van der Waals surface area contributed by atoms with Gasteiger partial charge in [0.1, 0.15) is 5.65 Å². The van der Waals surface area contributed by atoms with Crippen LogP contribution < -0.4 is 5.32 Å². The summed E-state index contributed by atoms with van der Waals surface area (Å²) in [6, 6.07) is 17.1. The number of pyridine rings is 1. The normalized spacial score (nSPS) is 16.1. The third-order valence-corrected chi connectivity index (χ3v) is 7.17. The van der Waals surface area contributed by atoms with Crippen LogP contribution in [0.3, 0.4) is 0 Å². The number of aryl methyl sites for hydroxylation is 1. The zero-order valence-corrected chi connectivity index (χ0v) is 21.4. The van der Waals surface area contributed by atoms with Gasteiger partial charge in [0.15, 0.2) is 0 Å². The molecule has 4 heterocycles. The molecular formula is C26H30Cl2N4OS. The molecule has 0 atom stereocenters. The fourth-order valence-electron chi connectivity index (χ4n) is 4.45. The lowest BCUT2D eigenvalue weighted by Gasteiger charge is -2.32. The average Bonchev–Trinajstić information content (AvgIpc) is 3.24. The van der Waals surface area contributed by atoms with Gasteiger partial charge in [-0.3, -0.25) is 9.20 Å². The number of allylic oxidation sites excluding steroid dienone is 1. The standard InChI is InChI=1S/C26H28N4OS.2ClH/c31-25(12-11-23-18-22-19-27-24-9-4-10-26(32-23)30(22)24)28-21-13-16-29(17-14-21)15-5-8-20-6-2-1-3-7-20;;/h1-4,6-7,9-12,18-19,21H,5,8,13-17H2,(H,28,31);2*1H. The lowest BCUT2D eigenvalue weighted by molar-refractivity contribution is -0.117. The van der Waals surface area contributed by atoms with Crippen molar-refractivity contribution in [3.8, 4) is 0 Å². The number of imidazole rings is 1. The van der Waals surface area contributed by atoms with Crippen LogP contribution in [0.25, 0.3) is 11.7 Å². The Labute approximate surface area is 217 Å². The zero-order valence-electron chi connectivity index (χ0n) is 18.9. The number of hydrogen-bond donors (Lipinski definition) is 1. The topological polar surface area (TPSA) is 49.6 Å². The first-order valence-electron chi connectivity index (χ1n) is 11.4. The smallest absolute Gasteiger partial charge is 0.244 e. The van der Waals surface area contributed by atoms with Crippen molar-refractivity contribution in [2.24, 2.45) is 0 Å². The second-order valence-corrected chi connectivity index (χ2v) is 9.53. The molecule has 3 aromatic rings. The Morgan fingerprint density at radius 2 is 1.88 bits per heavy atom. The van der Waals surface area contributed by atoms with Gasteiger partial charge in [-0.15, -0.1) is 24.8 Å². The predicted octanol–water partition coefficient (Wildman–Crippen LogP) is 5.39. The van der Waals surface area contributed by atoms with Crippen LogP contribution in [-0.2, 0) is 11.2 Å². The van der Waals surface area contributed by atoms with Gasteiger partial charge in [-0.05, 0) is 62.1 Å². The van der Waals surface area contributed by atoms with E-state index in [1.807, 2.05) is 24.4 Å². The molecule has 0 spiro atoms. The number of carbonyl (C=O) groups is 1. The third-order valence-electron chi connectivity index (χ3n) is 6.15. The molecule has 0 aliphatic carbocycles. The summed E-state index contributed by atoms with van der Waals surface area (Å²) in [6.45, 7) is 3.24. The number of halogens is 2. The third kappa shape index (κ3) is 6.45. The van der Waals surface area contributed by atoms with Crippen LogP contribution in [-0.4, -0.2) is 45.9 Å². The van der Waals surface area contributed by atoms with Gasteiger partial charge in [-0.1, -0.05) is 48.2 Å². The van der Waals surface area contributed by atoms with Crippen LogP contribution in [0, 0.1) is 0 Å². The number of hydrogen-bond acceptors (Lipinski definition) is 4. The van der Waals surface area contributed by atoms with Crippen molar-refractivity contribution in [1.82, 2.24) is 19.6 Å². The van der Waals surface area contributed by atoms with E-state index in [0.717, 1.165) is 60.2 Å². The molecular weight excluding hydrogens is 487 g/mol. The Morgan fingerprint density at radius 3 is 2.68 bits per heavy atom. The Balaban J connectivity index is 0.00000162. The molecule has 5 nitrogen and oxygen atoms in total. The summed E-state index contributed by atoms with van der Waals surface area (Å²) in [4.78, 5) is 20.5. The maximum Gasteiger partial charge on any atom is 0.244 e. The molecule has 8 heteroatoms. The second-order valence-electron chi connectivity index (χ2n) is 8.44. The number of amides is 1. The summed E-state index contributed by atoms with van der Waals surface area (Å²) in [6.07, 6.45) is 11.9. The van der Waals surface area contributed by atoms with Crippen molar-refractivity contribution >= 4 is 54.2 Å². The summed E-state index contributed by atoms with van der Waals surface area (Å²) < 4.78 is 2.13. The number of rotatable bonds is 7. The minimum absolute atomic E-state index is 0. The number of nitrogens with zero attached hydrogens (tertiary/aromatic N) is 3. The van der Waals surface area contributed by atoms with Gasteiger partial charge in [0.25, 0.3) is 0 Å². The largest absolute Gasteiger partial charge is 0.350 e. The Kier molecular flexibility index (Phi) is 9.65. The maximum absolute atomic E-state index is 12.5. The molecule has 34 heavy (non-hydrogen) atoms. The van der Waals surface area contributed by atoms with Crippen LogP contribution in [0.1, 0.15) is 30.5 Å². The summed E-state index contributed by atoms with van der Waals surface area (Å²) in [5.74, 6) is -0.00804. The number of likely N-dealkylation sites (tertiary alicyclic amines) is 1. The highest BCUT2D eigenvalue weighted by Gasteiger charge is 2.20. The van der Waals surface area contributed by atoms with Gasteiger partial charge in [-0.2, -0.15) is 0 Å². The SMILES string of the molecule is Cl.Cl.O=C(C=CC1=Cc2cnc3cccc(n23)S1)NC1CCN(CCCc2ccccc2)CC1. The van der Waals surface area contributed by atoms with E-state index in [4.69, 9.17) is 0 Å². The Bertz CT molecular complexity index is 1150. The van der Waals surface area contributed by atoms with E-state index in [2.05, 4.69) is 62.1 Å². The molecule has 1 saturated heterocycles. The van der Waals surface area contributed by atoms with Gasteiger partial charge in [-0.25, -0.2) is 4.98 Å². The van der Waals surface area contributed by atoms with E-state index in [1.165, 1.54) is 12.0 Å². The van der Waals surface area contributed by atoms with Crippen molar-refractivity contribution < 1.29 is 4.79 Å². The molecule has 0 unspecified atom stereocenters. The quantitative estimate of drug-likeness (QED) is 0.427. The van der Waals surface area contributed by atoms with E-state index >= 15 is 0 Å². The minimum atomic E-state index is -0.00804. The molecule has 1 amide bonds. The first-order valence-corrected chi connectivity index (χ1v) is 12.2. The van der Waals surface area contributed by atoms with Gasteiger partial charge < -0.3 is 10.2 Å². The number of piperidine rings is 1. The minimum Gasteiger partial charge on any atom is -0.350 e. The number of thioether (sulfide) groups is 1. The van der Waals surface area contributed by atoms with Crippen molar-refractivity contribution in [2.75, 3.05) is 19.6 Å². The lowest BCUT2D eigenvalue weighted by atomic mass is 10.0. The number of benzene rings is 1. The fraction of sp³-hybridized carbons (Fsp3) is 0.308. The van der Waals surface area contributed by atoms with Crippen LogP contribution in [0.15, 0.2) is 76.8 Å². The number of aromatic nitrogens is 2. The van der Waals surface area contributed by atoms with Crippen molar-refractivity contribution in [3.63, 3.8) is 0 Å².